The number of rotatable bonds is 7. The number of hydrogen-bond donors (Lipinski definition) is 2. The van der Waals surface area contributed by atoms with Crippen LogP contribution in [0.25, 0.3) is 22.3 Å². The van der Waals surface area contributed by atoms with Crippen molar-refractivity contribution in [2.45, 2.75) is 62.0 Å². The number of pyridine rings is 2. The highest BCUT2D eigenvalue weighted by Crippen LogP contribution is 2.41. The lowest BCUT2D eigenvalue weighted by Gasteiger charge is -2.27. The molecule has 0 unspecified atom stereocenters. The van der Waals surface area contributed by atoms with Gasteiger partial charge in [-0.2, -0.15) is 13.2 Å². The van der Waals surface area contributed by atoms with E-state index in [1.165, 1.54) is 10.8 Å². The van der Waals surface area contributed by atoms with Crippen LogP contribution in [0.2, 0.25) is 0 Å². The molecule has 14 heteroatoms. The number of aromatic nitrogens is 3. The molecule has 0 radical (unpaired) electrons. The second-order valence-corrected chi connectivity index (χ2v) is 11.0. The molecule has 194 valence electrons. The Morgan fingerprint density at radius 3 is 2.39 bits per heavy atom. The van der Waals surface area contributed by atoms with Gasteiger partial charge < -0.3 is 9.55 Å². The monoisotopic (exact) mass is 534 g/mol. The normalized spacial score (nSPS) is 18.1. The molecule has 1 atom stereocenters. The second kappa shape index (κ2) is 8.61. The van der Waals surface area contributed by atoms with Crippen LogP contribution in [-0.2, 0) is 16.2 Å². The average Bonchev–Trinajstić information content (AvgIpc) is 3.55. The van der Waals surface area contributed by atoms with E-state index in [-0.39, 0.29) is 22.6 Å². The maximum absolute atomic E-state index is 15.2. The Kier molecular flexibility index (Phi) is 5.93. The first-order valence-electron chi connectivity index (χ1n) is 11.2. The number of H-pyrrole nitrogens is 1. The van der Waals surface area contributed by atoms with Crippen molar-refractivity contribution in [1.82, 2.24) is 19.3 Å². The van der Waals surface area contributed by atoms with Crippen molar-refractivity contribution in [3.8, 4) is 11.3 Å². The minimum atomic E-state index is -5.03. The zero-order valence-corrected chi connectivity index (χ0v) is 19.3. The van der Waals surface area contributed by atoms with Crippen molar-refractivity contribution < 1.29 is 34.8 Å². The third-order valence-corrected chi connectivity index (χ3v) is 8.49. The molecule has 7 nitrogen and oxygen atoms in total. The van der Waals surface area contributed by atoms with Gasteiger partial charge in [0.2, 0.25) is 15.6 Å². The summed E-state index contributed by atoms with van der Waals surface area (Å²) < 4.78 is 113. The van der Waals surface area contributed by atoms with E-state index in [1.54, 1.807) is 4.98 Å². The molecule has 0 saturated heterocycles. The van der Waals surface area contributed by atoms with Crippen molar-refractivity contribution in [2.24, 2.45) is 0 Å². The van der Waals surface area contributed by atoms with Gasteiger partial charge in [0.1, 0.15) is 28.9 Å². The first-order chi connectivity index (χ1) is 16.9. The smallest absolute Gasteiger partial charge is 0.329 e. The Morgan fingerprint density at radius 1 is 1.14 bits per heavy atom. The Balaban J connectivity index is 1.71. The van der Waals surface area contributed by atoms with Gasteiger partial charge in [0.15, 0.2) is 0 Å². The SMILES string of the molecule is O=c1ccc(-c2nc3c(cc2F)c([C@H](NS(=O)(=O)C2CC2)C(F)F)cn3C2CCC2)c(C(F)(F)F)[nH]1. The highest BCUT2D eigenvalue weighted by Gasteiger charge is 2.41. The van der Waals surface area contributed by atoms with E-state index < -0.39 is 62.2 Å². The summed E-state index contributed by atoms with van der Waals surface area (Å²) in [5, 5.41) is -0.911. The topological polar surface area (TPSA) is 96.8 Å². The van der Waals surface area contributed by atoms with E-state index in [2.05, 4.69) is 4.98 Å². The van der Waals surface area contributed by atoms with Crippen LogP contribution in [0.1, 0.15) is 55.4 Å². The molecule has 0 bridgehead atoms. The number of nitrogens with one attached hydrogen (secondary N) is 2. The second-order valence-electron chi connectivity index (χ2n) is 9.05. The molecule has 2 saturated carbocycles. The van der Waals surface area contributed by atoms with E-state index in [0.717, 1.165) is 24.6 Å². The van der Waals surface area contributed by atoms with Crippen molar-refractivity contribution in [2.75, 3.05) is 0 Å². The van der Waals surface area contributed by atoms with Crippen LogP contribution in [0, 0.1) is 5.82 Å². The molecule has 0 aromatic carbocycles. The quantitative estimate of drug-likeness (QED) is 0.431. The molecule has 3 aromatic rings. The van der Waals surface area contributed by atoms with Crippen LogP contribution in [0.3, 0.4) is 0 Å². The van der Waals surface area contributed by atoms with Crippen LogP contribution in [0.4, 0.5) is 26.3 Å². The maximum Gasteiger partial charge on any atom is 0.432 e. The molecular formula is C22H20F6N4O3S. The van der Waals surface area contributed by atoms with Crippen molar-refractivity contribution in [3.05, 3.63) is 51.8 Å². The number of nitrogens with zero attached hydrogens (tertiary/aromatic N) is 2. The third-order valence-electron chi connectivity index (χ3n) is 6.56. The minimum absolute atomic E-state index is 0.0540. The van der Waals surface area contributed by atoms with Crippen LogP contribution < -0.4 is 10.3 Å². The van der Waals surface area contributed by atoms with Gasteiger partial charge in [-0.05, 0) is 44.2 Å². The maximum atomic E-state index is 15.2. The van der Waals surface area contributed by atoms with E-state index in [4.69, 9.17) is 0 Å². The van der Waals surface area contributed by atoms with E-state index in [1.807, 2.05) is 4.72 Å². The number of aromatic amines is 1. The molecule has 5 rings (SSSR count). The lowest BCUT2D eigenvalue weighted by atomic mass is 9.93. The summed E-state index contributed by atoms with van der Waals surface area (Å²) in [6.07, 6.45) is -4.16. The van der Waals surface area contributed by atoms with E-state index in [9.17, 15) is 35.2 Å². The molecule has 3 aromatic heterocycles. The van der Waals surface area contributed by atoms with Crippen molar-refractivity contribution in [3.63, 3.8) is 0 Å². The zero-order valence-electron chi connectivity index (χ0n) is 18.4. The fourth-order valence-electron chi connectivity index (χ4n) is 4.35. The van der Waals surface area contributed by atoms with Gasteiger partial charge in [-0.15, -0.1) is 0 Å². The molecular weight excluding hydrogens is 514 g/mol. The number of alkyl halides is 5. The highest BCUT2D eigenvalue weighted by molar-refractivity contribution is 7.90. The van der Waals surface area contributed by atoms with Gasteiger partial charge in [0.25, 0.3) is 6.43 Å². The van der Waals surface area contributed by atoms with Gasteiger partial charge in [0.05, 0.1) is 5.25 Å². The molecule has 0 aliphatic heterocycles. The van der Waals surface area contributed by atoms with Gasteiger partial charge >= 0.3 is 6.18 Å². The van der Waals surface area contributed by atoms with Gasteiger partial charge in [-0.3, -0.25) is 4.79 Å². The standard InChI is InChI=1S/C22H20F6N4O3S/c23-15-8-13-14(18(20(24)25)31-36(34,35)11-4-5-11)9-32(10-2-1-3-10)21(13)30-17(15)12-6-7-16(33)29-19(12)22(26,27)28/h6-11,18,20,31H,1-5H2,(H,29,33)/t18-/m0/s1. The van der Waals surface area contributed by atoms with Gasteiger partial charge in [-0.1, -0.05) is 0 Å². The predicted octanol–water partition coefficient (Wildman–Crippen LogP) is 4.66. The Bertz CT molecular complexity index is 1490. The van der Waals surface area contributed by atoms with Crippen LogP contribution >= 0.6 is 0 Å². The third kappa shape index (κ3) is 4.40. The van der Waals surface area contributed by atoms with Crippen LogP contribution in [0.5, 0.6) is 0 Å². The minimum Gasteiger partial charge on any atom is -0.329 e. The number of halogens is 6. The number of hydrogen-bond acceptors (Lipinski definition) is 4. The molecule has 2 aliphatic rings. The highest BCUT2D eigenvalue weighted by atomic mass is 32.2. The molecule has 3 heterocycles. The lowest BCUT2D eigenvalue weighted by Crippen LogP contribution is -2.35. The molecule has 2 N–H and O–H groups in total. The fraction of sp³-hybridized carbons (Fsp3) is 0.455. The first-order valence-corrected chi connectivity index (χ1v) is 12.7. The number of sulfonamides is 1. The largest absolute Gasteiger partial charge is 0.432 e. The summed E-state index contributed by atoms with van der Waals surface area (Å²) in [5.74, 6) is -1.24. The average molecular weight is 534 g/mol. The number of fused-ring (bicyclic) bond motifs is 1. The van der Waals surface area contributed by atoms with Crippen molar-refractivity contribution >= 4 is 21.1 Å². The van der Waals surface area contributed by atoms with E-state index >= 15 is 4.39 Å². The molecule has 36 heavy (non-hydrogen) atoms. The zero-order chi connectivity index (χ0) is 26.0. The van der Waals surface area contributed by atoms with Crippen LogP contribution in [0.15, 0.2) is 29.2 Å². The summed E-state index contributed by atoms with van der Waals surface area (Å²) in [6.45, 7) is 0. The van der Waals surface area contributed by atoms with Crippen LogP contribution in [-0.4, -0.2) is 34.6 Å². The summed E-state index contributed by atoms with van der Waals surface area (Å²) in [4.78, 5) is 17.3. The fourth-order valence-corrected chi connectivity index (χ4v) is 5.88. The Morgan fingerprint density at radius 2 is 1.83 bits per heavy atom. The van der Waals surface area contributed by atoms with Gasteiger partial charge in [0, 0.05) is 34.8 Å². The van der Waals surface area contributed by atoms with E-state index in [0.29, 0.717) is 25.7 Å². The predicted molar refractivity (Wildman–Crippen MR) is 117 cm³/mol. The summed E-state index contributed by atoms with van der Waals surface area (Å²) in [7, 11) is -4.05. The van der Waals surface area contributed by atoms with Gasteiger partial charge in [-0.25, -0.2) is 31.3 Å². The lowest BCUT2D eigenvalue weighted by molar-refractivity contribution is -0.140. The molecule has 0 spiro atoms. The molecule has 0 amide bonds. The summed E-state index contributed by atoms with van der Waals surface area (Å²) in [5.41, 5.74) is -4.25. The summed E-state index contributed by atoms with van der Waals surface area (Å²) in [6, 6.07) is 0.163. The molecule has 2 aliphatic carbocycles. The Labute approximate surface area is 200 Å². The Hall–Kier alpha value is -2.87. The van der Waals surface area contributed by atoms with Crippen molar-refractivity contribution in [1.29, 1.82) is 0 Å². The molecule has 2 fully saturated rings. The first kappa shape index (κ1) is 24.8. The summed E-state index contributed by atoms with van der Waals surface area (Å²) >= 11 is 0.